The number of hydrogen-bond donors (Lipinski definition) is 0. The Labute approximate surface area is 121 Å². The number of nitrogens with zero attached hydrogens (tertiary/aromatic N) is 2. The van der Waals surface area contributed by atoms with Crippen molar-refractivity contribution in [3.8, 4) is 0 Å². The normalized spacial score (nSPS) is 18.9. The van der Waals surface area contributed by atoms with Gasteiger partial charge >= 0.3 is 11.9 Å². The number of hydrogen-bond acceptors (Lipinski definition) is 6. The lowest BCUT2D eigenvalue weighted by Gasteiger charge is -2.31. The van der Waals surface area contributed by atoms with Gasteiger partial charge < -0.3 is 14.4 Å². The van der Waals surface area contributed by atoms with Gasteiger partial charge in [0.2, 0.25) is 0 Å². The molecule has 0 saturated carbocycles. The van der Waals surface area contributed by atoms with E-state index in [9.17, 15) is 9.59 Å². The quantitative estimate of drug-likeness (QED) is 0.537. The molecule has 6 nitrogen and oxygen atoms in total. The zero-order chi connectivity index (χ0) is 15.1. The Hall–Kier alpha value is -1.14. The van der Waals surface area contributed by atoms with Gasteiger partial charge in [-0.05, 0) is 19.9 Å². The van der Waals surface area contributed by atoms with Gasteiger partial charge in [-0.3, -0.25) is 4.90 Å². The van der Waals surface area contributed by atoms with Gasteiger partial charge in [-0.1, -0.05) is 13.8 Å². The average molecular weight is 286 g/mol. The number of carbonyl (C=O) groups is 2. The van der Waals surface area contributed by atoms with Crippen LogP contribution >= 0.6 is 0 Å². The maximum Gasteiger partial charge on any atom is 0.417 e. The minimum absolute atomic E-state index is 0.178. The second kappa shape index (κ2) is 8.21. The van der Waals surface area contributed by atoms with Crippen LogP contribution in [0.25, 0.3) is 0 Å². The van der Waals surface area contributed by atoms with Gasteiger partial charge in [0.1, 0.15) is 12.7 Å². The zero-order valence-electron chi connectivity index (χ0n) is 12.9. The first-order valence-electron chi connectivity index (χ1n) is 7.18. The Morgan fingerprint density at radius 2 is 1.65 bits per heavy atom. The van der Waals surface area contributed by atoms with E-state index in [2.05, 4.69) is 16.8 Å². The van der Waals surface area contributed by atoms with Gasteiger partial charge in [0.15, 0.2) is 0 Å². The van der Waals surface area contributed by atoms with Crippen molar-refractivity contribution in [2.45, 2.75) is 26.9 Å². The molecule has 6 heteroatoms. The second-order valence-corrected chi connectivity index (χ2v) is 5.64. The summed E-state index contributed by atoms with van der Waals surface area (Å²) in [5.41, 5.74) is 0. The van der Waals surface area contributed by atoms with Crippen molar-refractivity contribution in [3.05, 3.63) is 0 Å². The van der Waals surface area contributed by atoms with E-state index >= 15 is 0 Å². The van der Waals surface area contributed by atoms with Crippen molar-refractivity contribution < 1.29 is 19.1 Å². The first kappa shape index (κ1) is 16.9. The number of rotatable bonds is 5. The second-order valence-electron chi connectivity index (χ2n) is 5.64. The van der Waals surface area contributed by atoms with Gasteiger partial charge in [-0.2, -0.15) is 0 Å². The maximum absolute atomic E-state index is 11.5. The third-order valence-corrected chi connectivity index (χ3v) is 3.63. The van der Waals surface area contributed by atoms with Crippen LogP contribution in [-0.4, -0.2) is 74.2 Å². The Morgan fingerprint density at radius 3 is 2.20 bits per heavy atom. The van der Waals surface area contributed by atoms with Crippen molar-refractivity contribution in [2.75, 3.05) is 46.4 Å². The van der Waals surface area contributed by atoms with Crippen molar-refractivity contribution >= 4 is 11.9 Å². The molecule has 0 radical (unpaired) electrons. The Morgan fingerprint density at radius 1 is 1.05 bits per heavy atom. The molecule has 1 rings (SSSR count). The van der Waals surface area contributed by atoms with Crippen molar-refractivity contribution in [1.29, 1.82) is 0 Å². The number of likely N-dealkylation sites (N-methyl/N-ethyl adjacent to an activating group) is 1. The predicted molar refractivity (Wildman–Crippen MR) is 75.3 cm³/mol. The van der Waals surface area contributed by atoms with Crippen LogP contribution in [-0.2, 0) is 19.1 Å². The van der Waals surface area contributed by atoms with Crippen LogP contribution < -0.4 is 0 Å². The standard InChI is InChI=1S/C14H26N2O4/c1-11(2)12(3)20-14(18)13(17)19-10-9-16-7-5-15(4)6-8-16/h11-12H,5-10H2,1-4H3/t12-/m1/s1. The molecule has 0 bridgehead atoms. The first-order chi connectivity index (χ1) is 9.40. The van der Waals surface area contributed by atoms with Crippen LogP contribution in [0.1, 0.15) is 20.8 Å². The molecule has 1 heterocycles. The van der Waals surface area contributed by atoms with Crippen LogP contribution in [0.5, 0.6) is 0 Å². The summed E-state index contributed by atoms with van der Waals surface area (Å²) in [5, 5.41) is 0. The van der Waals surface area contributed by atoms with Crippen LogP contribution in [0.2, 0.25) is 0 Å². The molecule has 1 aliphatic heterocycles. The molecule has 1 saturated heterocycles. The topological polar surface area (TPSA) is 59.1 Å². The van der Waals surface area contributed by atoms with Gasteiger partial charge in [0, 0.05) is 32.7 Å². The largest absolute Gasteiger partial charge is 0.456 e. The summed E-state index contributed by atoms with van der Waals surface area (Å²) < 4.78 is 9.94. The van der Waals surface area contributed by atoms with Crippen molar-refractivity contribution in [3.63, 3.8) is 0 Å². The highest BCUT2D eigenvalue weighted by Gasteiger charge is 2.22. The van der Waals surface area contributed by atoms with Crippen LogP contribution in [0, 0.1) is 5.92 Å². The molecule has 0 N–H and O–H groups in total. The van der Waals surface area contributed by atoms with Gasteiger partial charge in [-0.15, -0.1) is 0 Å². The third-order valence-electron chi connectivity index (χ3n) is 3.63. The summed E-state index contributed by atoms with van der Waals surface area (Å²) in [7, 11) is 2.09. The number of esters is 2. The lowest BCUT2D eigenvalue weighted by atomic mass is 10.1. The average Bonchev–Trinajstić information content (AvgIpc) is 2.40. The first-order valence-corrected chi connectivity index (χ1v) is 7.18. The van der Waals surface area contributed by atoms with Gasteiger partial charge in [0.05, 0.1) is 0 Å². The number of ether oxygens (including phenoxy) is 2. The summed E-state index contributed by atoms with van der Waals surface area (Å²) in [6.07, 6.45) is -0.285. The maximum atomic E-state index is 11.5. The summed E-state index contributed by atoms with van der Waals surface area (Å²) in [6.45, 7) is 10.5. The fourth-order valence-corrected chi connectivity index (χ4v) is 1.75. The molecule has 1 aliphatic rings. The molecule has 1 fully saturated rings. The SMILES string of the molecule is CC(C)[C@@H](C)OC(=O)C(=O)OCCN1CCN(C)CC1. The summed E-state index contributed by atoms with van der Waals surface area (Å²) in [6, 6.07) is 0. The molecule has 116 valence electrons. The minimum atomic E-state index is -0.899. The summed E-state index contributed by atoms with van der Waals surface area (Å²) in [4.78, 5) is 27.4. The fourth-order valence-electron chi connectivity index (χ4n) is 1.75. The lowest BCUT2D eigenvalue weighted by Crippen LogP contribution is -2.45. The van der Waals surface area contributed by atoms with E-state index in [0.717, 1.165) is 26.2 Å². The number of piperazine rings is 1. The predicted octanol–water partition coefficient (Wildman–Crippen LogP) is 0.365. The highest BCUT2D eigenvalue weighted by Crippen LogP contribution is 2.06. The Balaban J connectivity index is 2.18. The zero-order valence-corrected chi connectivity index (χ0v) is 12.9. The highest BCUT2D eigenvalue weighted by atomic mass is 16.6. The van der Waals surface area contributed by atoms with E-state index in [0.29, 0.717) is 6.54 Å². The third kappa shape index (κ3) is 5.88. The Kier molecular flexibility index (Phi) is 6.95. The molecule has 0 aliphatic carbocycles. The van der Waals surface area contributed by atoms with Crippen LogP contribution in [0.3, 0.4) is 0 Å². The molecule has 0 unspecified atom stereocenters. The van der Waals surface area contributed by atoms with E-state index in [4.69, 9.17) is 9.47 Å². The number of carbonyl (C=O) groups excluding carboxylic acids is 2. The molecule has 1 atom stereocenters. The minimum Gasteiger partial charge on any atom is -0.456 e. The van der Waals surface area contributed by atoms with E-state index in [1.807, 2.05) is 13.8 Å². The molecule has 0 aromatic carbocycles. The van der Waals surface area contributed by atoms with E-state index in [1.54, 1.807) is 6.92 Å². The summed E-state index contributed by atoms with van der Waals surface area (Å²) >= 11 is 0. The molecule has 0 amide bonds. The summed E-state index contributed by atoms with van der Waals surface area (Å²) in [5.74, 6) is -1.62. The lowest BCUT2D eigenvalue weighted by molar-refractivity contribution is -0.171. The molecule has 0 aromatic rings. The van der Waals surface area contributed by atoms with Gasteiger partial charge in [0.25, 0.3) is 0 Å². The van der Waals surface area contributed by atoms with E-state index in [1.165, 1.54) is 0 Å². The Bertz CT molecular complexity index is 325. The van der Waals surface area contributed by atoms with E-state index < -0.39 is 11.9 Å². The fraction of sp³-hybridized carbons (Fsp3) is 0.857. The van der Waals surface area contributed by atoms with Crippen molar-refractivity contribution in [1.82, 2.24) is 9.80 Å². The van der Waals surface area contributed by atoms with E-state index in [-0.39, 0.29) is 18.6 Å². The molecule has 20 heavy (non-hydrogen) atoms. The van der Waals surface area contributed by atoms with Crippen molar-refractivity contribution in [2.24, 2.45) is 5.92 Å². The van der Waals surface area contributed by atoms with Crippen LogP contribution in [0.4, 0.5) is 0 Å². The van der Waals surface area contributed by atoms with Crippen LogP contribution in [0.15, 0.2) is 0 Å². The highest BCUT2D eigenvalue weighted by molar-refractivity contribution is 6.29. The smallest absolute Gasteiger partial charge is 0.417 e. The molecule has 0 spiro atoms. The molecular weight excluding hydrogens is 260 g/mol. The molecule has 0 aromatic heterocycles. The molecular formula is C14H26N2O4. The monoisotopic (exact) mass is 286 g/mol. The van der Waals surface area contributed by atoms with Gasteiger partial charge in [-0.25, -0.2) is 9.59 Å².